The number of aromatic amines is 1. The van der Waals surface area contributed by atoms with Gasteiger partial charge in [-0.2, -0.15) is 5.10 Å². The van der Waals surface area contributed by atoms with Gasteiger partial charge >= 0.3 is 0 Å². The van der Waals surface area contributed by atoms with Gasteiger partial charge in [0.15, 0.2) is 0 Å². The first kappa shape index (κ1) is 9.68. The van der Waals surface area contributed by atoms with Gasteiger partial charge in [0.25, 0.3) is 0 Å². The van der Waals surface area contributed by atoms with Crippen LogP contribution in [0.3, 0.4) is 0 Å². The number of para-hydroxylation sites is 1. The third kappa shape index (κ3) is 1.44. The summed E-state index contributed by atoms with van der Waals surface area (Å²) in [6.45, 7) is 2.11. The highest BCUT2D eigenvalue weighted by Crippen LogP contribution is 2.26. The van der Waals surface area contributed by atoms with E-state index in [9.17, 15) is 0 Å². The van der Waals surface area contributed by atoms with E-state index in [1.54, 1.807) is 0 Å². The van der Waals surface area contributed by atoms with Crippen LogP contribution >= 0.6 is 15.9 Å². The number of hydrogen-bond donors (Lipinski definition) is 2. The Balaban J connectivity index is 2.63. The van der Waals surface area contributed by atoms with E-state index in [-0.39, 0.29) is 6.04 Å². The Hall–Kier alpha value is -0.870. The van der Waals surface area contributed by atoms with E-state index in [1.807, 2.05) is 19.2 Å². The Bertz CT molecular complexity index is 450. The Labute approximate surface area is 91.0 Å². The molecule has 1 aromatic heterocycles. The molecule has 1 heterocycles. The maximum Gasteiger partial charge on any atom is 0.107 e. The molecule has 0 saturated carbocycles. The van der Waals surface area contributed by atoms with Crippen LogP contribution in [0, 0.1) is 0 Å². The zero-order chi connectivity index (χ0) is 10.1. The van der Waals surface area contributed by atoms with Crippen LogP contribution in [-0.2, 0) is 0 Å². The van der Waals surface area contributed by atoms with Crippen LogP contribution in [0.2, 0.25) is 0 Å². The number of nitrogens with zero attached hydrogens (tertiary/aromatic N) is 1. The Morgan fingerprint density at radius 1 is 1.50 bits per heavy atom. The maximum absolute atomic E-state index is 4.28. The maximum atomic E-state index is 4.28. The molecule has 0 bridgehead atoms. The molecular weight excluding hydrogens is 242 g/mol. The van der Waals surface area contributed by atoms with Crippen LogP contribution in [0.1, 0.15) is 18.7 Å². The number of H-pyrrole nitrogens is 1. The fraction of sp³-hybridized carbons (Fsp3) is 0.300. The van der Waals surface area contributed by atoms with Gasteiger partial charge in [-0.3, -0.25) is 5.10 Å². The lowest BCUT2D eigenvalue weighted by Gasteiger charge is -2.07. The number of fused-ring (bicyclic) bond motifs is 1. The second kappa shape index (κ2) is 3.71. The highest BCUT2D eigenvalue weighted by atomic mass is 79.9. The predicted molar refractivity (Wildman–Crippen MR) is 61.3 cm³/mol. The van der Waals surface area contributed by atoms with Gasteiger partial charge in [0.1, 0.15) is 5.52 Å². The zero-order valence-corrected chi connectivity index (χ0v) is 9.72. The van der Waals surface area contributed by atoms with E-state index in [0.717, 1.165) is 15.7 Å². The largest absolute Gasteiger partial charge is 0.312 e. The molecule has 0 fully saturated rings. The zero-order valence-electron chi connectivity index (χ0n) is 8.13. The van der Waals surface area contributed by atoms with Crippen molar-refractivity contribution in [2.75, 3.05) is 7.05 Å². The van der Waals surface area contributed by atoms with Crippen LogP contribution in [0.5, 0.6) is 0 Å². The number of halogens is 1. The van der Waals surface area contributed by atoms with E-state index in [4.69, 9.17) is 0 Å². The van der Waals surface area contributed by atoms with Crippen LogP contribution < -0.4 is 5.32 Å². The van der Waals surface area contributed by atoms with Crippen LogP contribution in [0.15, 0.2) is 22.7 Å². The van der Waals surface area contributed by atoms with Crippen molar-refractivity contribution in [1.29, 1.82) is 0 Å². The lowest BCUT2D eigenvalue weighted by molar-refractivity contribution is 0.634. The Morgan fingerprint density at radius 3 is 3.00 bits per heavy atom. The Kier molecular flexibility index (Phi) is 2.56. The van der Waals surface area contributed by atoms with Crippen molar-refractivity contribution in [3.8, 4) is 0 Å². The number of hydrogen-bond acceptors (Lipinski definition) is 2. The summed E-state index contributed by atoms with van der Waals surface area (Å²) < 4.78 is 1.03. The summed E-state index contributed by atoms with van der Waals surface area (Å²) in [4.78, 5) is 0. The van der Waals surface area contributed by atoms with Crippen molar-refractivity contribution in [2.24, 2.45) is 0 Å². The second-order valence-electron chi connectivity index (χ2n) is 3.28. The predicted octanol–water partition coefficient (Wildman–Crippen LogP) is 2.61. The minimum atomic E-state index is 0.286. The molecule has 0 radical (unpaired) electrons. The van der Waals surface area contributed by atoms with Crippen LogP contribution in [0.25, 0.3) is 10.9 Å². The fourth-order valence-corrected chi connectivity index (χ4v) is 1.95. The SMILES string of the molecule is CNC(C)c1[nH]nc2c(Br)cccc12. The first-order valence-electron chi connectivity index (χ1n) is 4.53. The molecule has 0 saturated heterocycles. The third-order valence-electron chi connectivity index (χ3n) is 2.43. The van der Waals surface area contributed by atoms with Crippen molar-refractivity contribution in [2.45, 2.75) is 13.0 Å². The molecule has 1 unspecified atom stereocenters. The molecule has 3 nitrogen and oxygen atoms in total. The number of rotatable bonds is 2. The smallest absolute Gasteiger partial charge is 0.107 e. The highest BCUT2D eigenvalue weighted by molar-refractivity contribution is 9.10. The second-order valence-corrected chi connectivity index (χ2v) is 4.14. The molecule has 14 heavy (non-hydrogen) atoms. The Morgan fingerprint density at radius 2 is 2.29 bits per heavy atom. The summed E-state index contributed by atoms with van der Waals surface area (Å²) in [5, 5.41) is 11.7. The molecule has 2 aromatic rings. The molecule has 0 aliphatic heterocycles. The average Bonchev–Trinajstić information content (AvgIpc) is 2.62. The van der Waals surface area contributed by atoms with Gasteiger partial charge in [-0.25, -0.2) is 0 Å². The number of nitrogens with one attached hydrogen (secondary N) is 2. The van der Waals surface area contributed by atoms with E-state index in [2.05, 4.69) is 44.4 Å². The summed E-state index contributed by atoms with van der Waals surface area (Å²) in [5.74, 6) is 0. The highest BCUT2D eigenvalue weighted by Gasteiger charge is 2.11. The van der Waals surface area contributed by atoms with Gasteiger partial charge in [-0.1, -0.05) is 12.1 Å². The van der Waals surface area contributed by atoms with E-state index < -0.39 is 0 Å². The molecule has 4 heteroatoms. The van der Waals surface area contributed by atoms with E-state index in [0.29, 0.717) is 0 Å². The molecule has 2 N–H and O–H groups in total. The normalized spacial score (nSPS) is 13.4. The molecule has 74 valence electrons. The molecule has 2 rings (SSSR count). The van der Waals surface area contributed by atoms with E-state index in [1.165, 1.54) is 5.39 Å². The van der Waals surface area contributed by atoms with Crippen molar-refractivity contribution in [3.05, 3.63) is 28.4 Å². The summed E-state index contributed by atoms with van der Waals surface area (Å²) in [6, 6.07) is 6.38. The first-order valence-corrected chi connectivity index (χ1v) is 5.33. The fourth-order valence-electron chi connectivity index (χ4n) is 1.50. The first-order chi connectivity index (χ1) is 6.74. The van der Waals surface area contributed by atoms with Gasteiger partial charge in [0, 0.05) is 15.9 Å². The monoisotopic (exact) mass is 253 g/mol. The van der Waals surface area contributed by atoms with Gasteiger partial charge in [-0.15, -0.1) is 0 Å². The van der Waals surface area contributed by atoms with Gasteiger partial charge < -0.3 is 5.32 Å². The lowest BCUT2D eigenvalue weighted by Crippen LogP contribution is -2.12. The van der Waals surface area contributed by atoms with Crippen molar-refractivity contribution in [1.82, 2.24) is 15.5 Å². The van der Waals surface area contributed by atoms with Crippen LogP contribution in [-0.4, -0.2) is 17.2 Å². The van der Waals surface area contributed by atoms with Crippen LogP contribution in [0.4, 0.5) is 0 Å². The van der Waals surface area contributed by atoms with Gasteiger partial charge in [0.2, 0.25) is 0 Å². The minimum Gasteiger partial charge on any atom is -0.312 e. The number of benzene rings is 1. The quantitative estimate of drug-likeness (QED) is 0.864. The van der Waals surface area contributed by atoms with Crippen molar-refractivity contribution in [3.63, 3.8) is 0 Å². The molecule has 0 amide bonds. The summed E-state index contributed by atoms with van der Waals surface area (Å²) >= 11 is 3.48. The van der Waals surface area contributed by atoms with Gasteiger partial charge in [-0.05, 0) is 36.0 Å². The molecular formula is C10H12BrN3. The molecule has 1 aromatic carbocycles. The van der Waals surface area contributed by atoms with E-state index >= 15 is 0 Å². The average molecular weight is 254 g/mol. The standard InChI is InChI=1S/C10H12BrN3/c1-6(12-2)9-7-4-3-5-8(11)10(7)14-13-9/h3-6,12H,1-2H3,(H,13,14). The van der Waals surface area contributed by atoms with Crippen molar-refractivity contribution >= 4 is 26.8 Å². The summed E-state index contributed by atoms with van der Waals surface area (Å²) in [6.07, 6.45) is 0. The molecule has 0 aliphatic carbocycles. The minimum absolute atomic E-state index is 0.286. The molecule has 0 spiro atoms. The number of aromatic nitrogens is 2. The topological polar surface area (TPSA) is 40.7 Å². The summed E-state index contributed by atoms with van der Waals surface area (Å²) in [5.41, 5.74) is 2.12. The molecule has 1 atom stereocenters. The van der Waals surface area contributed by atoms with Crippen molar-refractivity contribution < 1.29 is 0 Å². The summed E-state index contributed by atoms with van der Waals surface area (Å²) in [7, 11) is 1.94. The van der Waals surface area contributed by atoms with Gasteiger partial charge in [0.05, 0.1) is 5.69 Å². The third-order valence-corrected chi connectivity index (χ3v) is 3.07. The molecule has 0 aliphatic rings. The lowest BCUT2D eigenvalue weighted by atomic mass is 10.1.